The number of hydrogen-bond acceptors (Lipinski definition) is 7. The summed E-state index contributed by atoms with van der Waals surface area (Å²) in [5.74, 6) is 0.857. The summed E-state index contributed by atoms with van der Waals surface area (Å²) in [5, 5.41) is 22.0. The highest BCUT2D eigenvalue weighted by atomic mass is 19.1. The van der Waals surface area contributed by atoms with Crippen molar-refractivity contribution >= 4 is 17.3 Å². The zero-order chi connectivity index (χ0) is 27.6. The molecule has 0 fully saturated rings. The van der Waals surface area contributed by atoms with Gasteiger partial charge in [-0.05, 0) is 56.2 Å². The van der Waals surface area contributed by atoms with Crippen LogP contribution in [0.2, 0.25) is 0 Å². The van der Waals surface area contributed by atoms with E-state index in [1.807, 2.05) is 39.0 Å². The monoisotopic (exact) mass is 524 g/mol. The van der Waals surface area contributed by atoms with Crippen molar-refractivity contribution in [2.75, 3.05) is 37.6 Å². The van der Waals surface area contributed by atoms with E-state index in [0.717, 1.165) is 22.4 Å². The van der Waals surface area contributed by atoms with Crippen LogP contribution in [0, 0.1) is 12.7 Å². The van der Waals surface area contributed by atoms with E-state index in [9.17, 15) is 14.3 Å². The molecule has 3 aromatic rings. The minimum Gasteiger partial charge on any atom is -0.496 e. The molecular weight excluding hydrogens is 491 g/mol. The van der Waals surface area contributed by atoms with Gasteiger partial charge in [0.05, 0.1) is 25.1 Å². The third-order valence-electron chi connectivity index (χ3n) is 6.54. The normalized spacial score (nSPS) is 14.9. The molecule has 1 heterocycles. The van der Waals surface area contributed by atoms with Gasteiger partial charge < -0.3 is 34.6 Å². The number of amides is 1. The van der Waals surface area contributed by atoms with Crippen molar-refractivity contribution in [2.24, 2.45) is 0 Å². The number of aryl methyl sites for hydroxylation is 1. The summed E-state index contributed by atoms with van der Waals surface area (Å²) < 4.78 is 31.3. The summed E-state index contributed by atoms with van der Waals surface area (Å²) in [6.07, 6.45) is -0.999. The fraction of sp³-hybridized carbons (Fsp3) is 0.345. The summed E-state index contributed by atoms with van der Waals surface area (Å²) in [7, 11) is 3.26. The number of methoxy groups -OCH3 is 1. The first kappa shape index (κ1) is 27.2. The topological polar surface area (TPSA) is 100 Å². The average molecular weight is 525 g/mol. The average Bonchev–Trinajstić information content (AvgIpc) is 2.90. The van der Waals surface area contributed by atoms with Gasteiger partial charge in [0.25, 0.3) is 5.91 Å². The van der Waals surface area contributed by atoms with Crippen LogP contribution in [-0.2, 0) is 11.4 Å². The Morgan fingerprint density at radius 2 is 1.79 bits per heavy atom. The summed E-state index contributed by atoms with van der Waals surface area (Å²) in [6, 6.07) is 13.5. The van der Waals surface area contributed by atoms with Crippen molar-refractivity contribution in [2.45, 2.75) is 39.0 Å². The number of halogens is 1. The van der Waals surface area contributed by atoms with E-state index in [2.05, 4.69) is 5.32 Å². The lowest BCUT2D eigenvalue weighted by Gasteiger charge is -2.39. The molecular formula is C29H33FN2O6. The molecule has 0 aromatic heterocycles. The summed E-state index contributed by atoms with van der Waals surface area (Å²) in [5.41, 5.74) is 3.62. The molecule has 1 amide bonds. The second kappa shape index (κ2) is 10.9. The van der Waals surface area contributed by atoms with Crippen molar-refractivity contribution in [3.63, 3.8) is 0 Å². The minimum atomic E-state index is -0.999. The quantitative estimate of drug-likeness (QED) is 0.384. The lowest BCUT2D eigenvalue weighted by Crippen LogP contribution is -2.52. The number of likely N-dealkylation sites (N-methyl/N-ethyl adjacent to an activating group) is 1. The molecule has 0 saturated heterocycles. The van der Waals surface area contributed by atoms with Gasteiger partial charge in [-0.15, -0.1) is 0 Å². The van der Waals surface area contributed by atoms with E-state index in [1.54, 1.807) is 30.1 Å². The molecule has 202 valence electrons. The van der Waals surface area contributed by atoms with Crippen LogP contribution in [0.25, 0.3) is 11.1 Å². The van der Waals surface area contributed by atoms with E-state index < -0.39 is 24.1 Å². The van der Waals surface area contributed by atoms with Crippen molar-refractivity contribution in [3.8, 4) is 28.4 Å². The van der Waals surface area contributed by atoms with Crippen LogP contribution in [0.4, 0.5) is 15.8 Å². The molecule has 0 unspecified atom stereocenters. The van der Waals surface area contributed by atoms with Crippen LogP contribution < -0.4 is 24.4 Å². The number of aliphatic hydroxyl groups excluding tert-OH is 2. The Labute approximate surface area is 221 Å². The third kappa shape index (κ3) is 5.39. The second-order valence-corrected chi connectivity index (χ2v) is 9.81. The number of benzene rings is 3. The molecule has 1 aliphatic rings. The molecule has 0 bridgehead atoms. The summed E-state index contributed by atoms with van der Waals surface area (Å²) in [4.78, 5) is 14.8. The molecule has 0 radical (unpaired) electrons. The van der Waals surface area contributed by atoms with E-state index >= 15 is 0 Å². The number of hydrogen-bond donors (Lipinski definition) is 3. The van der Waals surface area contributed by atoms with Crippen molar-refractivity contribution in [1.82, 2.24) is 0 Å². The molecule has 0 spiro atoms. The van der Waals surface area contributed by atoms with Gasteiger partial charge in [-0.3, -0.25) is 4.79 Å². The van der Waals surface area contributed by atoms with E-state index in [-0.39, 0.29) is 19.1 Å². The molecule has 0 saturated carbocycles. The van der Waals surface area contributed by atoms with Crippen LogP contribution in [0.1, 0.15) is 25.0 Å². The maximum Gasteiger partial charge on any atom is 0.251 e. The Bertz CT molecular complexity index is 1340. The number of carbonyl (C=O) groups is 1. The lowest BCUT2D eigenvalue weighted by atomic mass is 9.91. The van der Waals surface area contributed by atoms with Crippen LogP contribution in [0.15, 0.2) is 48.5 Å². The maximum atomic E-state index is 14.0. The Kier molecular flexibility index (Phi) is 7.80. The van der Waals surface area contributed by atoms with Crippen molar-refractivity contribution < 1.29 is 33.6 Å². The first-order valence-electron chi connectivity index (χ1n) is 12.3. The van der Waals surface area contributed by atoms with Gasteiger partial charge in [-0.25, -0.2) is 4.39 Å². The summed E-state index contributed by atoms with van der Waals surface area (Å²) >= 11 is 0. The standard InChI is InChI=1S/C29H33FN2O6/c1-17-6-7-18(30)12-25(17)38-16-23-21(10-11-24-27(23)32(4)28(35)29(2,3)31-24)22-9-8-20(13-26(22)36-5)37-15-19(34)14-33/h6-13,19,31,33-34H,14-16H2,1-5H3/t19-/m0/s1. The first-order valence-corrected chi connectivity index (χ1v) is 12.3. The molecule has 3 N–H and O–H groups in total. The highest BCUT2D eigenvalue weighted by molar-refractivity contribution is 6.08. The highest BCUT2D eigenvalue weighted by Gasteiger charge is 2.38. The number of nitrogens with one attached hydrogen (secondary N) is 1. The Morgan fingerprint density at radius 3 is 2.50 bits per heavy atom. The fourth-order valence-electron chi connectivity index (χ4n) is 4.54. The summed E-state index contributed by atoms with van der Waals surface area (Å²) in [6.45, 7) is 5.07. The first-order chi connectivity index (χ1) is 18.1. The number of anilines is 2. The van der Waals surface area contributed by atoms with Gasteiger partial charge in [0.1, 0.15) is 47.9 Å². The zero-order valence-electron chi connectivity index (χ0n) is 22.2. The van der Waals surface area contributed by atoms with Gasteiger partial charge in [0.2, 0.25) is 0 Å². The minimum absolute atomic E-state index is 0.0621. The van der Waals surface area contributed by atoms with Crippen LogP contribution in [0.5, 0.6) is 17.2 Å². The Hall–Kier alpha value is -3.82. The Morgan fingerprint density at radius 1 is 1.05 bits per heavy atom. The fourth-order valence-corrected chi connectivity index (χ4v) is 4.54. The number of rotatable bonds is 9. The number of fused-ring (bicyclic) bond motifs is 1. The van der Waals surface area contributed by atoms with Gasteiger partial charge >= 0.3 is 0 Å². The molecule has 38 heavy (non-hydrogen) atoms. The largest absolute Gasteiger partial charge is 0.496 e. The van der Waals surface area contributed by atoms with Crippen LogP contribution >= 0.6 is 0 Å². The molecule has 8 nitrogen and oxygen atoms in total. The molecule has 1 atom stereocenters. The predicted molar refractivity (Wildman–Crippen MR) is 144 cm³/mol. The van der Waals surface area contributed by atoms with E-state index in [1.165, 1.54) is 19.2 Å². The van der Waals surface area contributed by atoms with Crippen LogP contribution in [-0.4, -0.2) is 55.1 Å². The van der Waals surface area contributed by atoms with Gasteiger partial charge in [-0.1, -0.05) is 12.1 Å². The zero-order valence-corrected chi connectivity index (χ0v) is 22.2. The molecule has 0 aliphatic carbocycles. The predicted octanol–water partition coefficient (Wildman–Crippen LogP) is 4.29. The molecule has 3 aromatic carbocycles. The van der Waals surface area contributed by atoms with Crippen molar-refractivity contribution in [1.29, 1.82) is 0 Å². The number of aliphatic hydroxyl groups is 2. The Balaban J connectivity index is 1.81. The number of carbonyl (C=O) groups excluding carboxylic acids is 1. The molecule has 1 aliphatic heterocycles. The number of ether oxygens (including phenoxy) is 3. The van der Waals surface area contributed by atoms with E-state index in [0.29, 0.717) is 28.5 Å². The van der Waals surface area contributed by atoms with Crippen molar-refractivity contribution in [3.05, 3.63) is 65.5 Å². The van der Waals surface area contributed by atoms with E-state index in [4.69, 9.17) is 19.3 Å². The highest BCUT2D eigenvalue weighted by Crippen LogP contribution is 2.45. The second-order valence-electron chi connectivity index (χ2n) is 9.81. The van der Waals surface area contributed by atoms with Crippen LogP contribution in [0.3, 0.4) is 0 Å². The molecule has 9 heteroatoms. The van der Waals surface area contributed by atoms with Gasteiger partial charge in [0.15, 0.2) is 0 Å². The third-order valence-corrected chi connectivity index (χ3v) is 6.54. The van der Waals surface area contributed by atoms with Gasteiger partial charge in [0, 0.05) is 30.3 Å². The maximum absolute atomic E-state index is 14.0. The number of nitrogens with zero attached hydrogens (tertiary/aromatic N) is 1. The lowest BCUT2D eigenvalue weighted by molar-refractivity contribution is -0.121. The SMILES string of the molecule is COc1cc(OC[C@@H](O)CO)ccc1-c1ccc2c(c1COc1cc(F)ccc1C)N(C)C(=O)C(C)(C)N2. The molecule has 4 rings (SSSR count). The van der Waals surface area contributed by atoms with Gasteiger partial charge in [-0.2, -0.15) is 0 Å². The smallest absolute Gasteiger partial charge is 0.251 e.